The number of aliphatic carboxylic acids is 2. The minimum absolute atomic E-state index is 0. The summed E-state index contributed by atoms with van der Waals surface area (Å²) < 4.78 is 0. The van der Waals surface area contributed by atoms with Gasteiger partial charge in [0.2, 0.25) is 0 Å². The molecule has 0 aliphatic carbocycles. The van der Waals surface area contributed by atoms with E-state index < -0.39 is 17.9 Å². The molecule has 0 rings (SSSR count). The number of carbonyl (C=O) groups excluding carboxylic acids is 2. The molecule has 0 N–H and O–H groups in total. The molecule has 58 valence electrons. The minimum atomic E-state index is -1.57. The van der Waals surface area contributed by atoms with E-state index >= 15 is 0 Å². The third-order valence-corrected chi connectivity index (χ3v) is 1.15. The quantitative estimate of drug-likeness (QED) is 0.325. The van der Waals surface area contributed by atoms with E-state index in [4.69, 9.17) is 0 Å². The van der Waals surface area contributed by atoms with Gasteiger partial charge in [0, 0.05) is 5.92 Å². The maximum Gasteiger partial charge on any atom is 1.00 e. The Morgan fingerprint density at radius 3 is 1.58 bits per heavy atom. The molecule has 0 atom stereocenters. The molecule has 0 aromatic rings. The summed E-state index contributed by atoms with van der Waals surface area (Å²) in [5.41, 5.74) is 0. The minimum Gasteiger partial charge on any atom is -0.549 e. The Kier molecular flexibility index (Phi) is 15.6. The normalized spacial score (nSPS) is 8.17. The van der Waals surface area contributed by atoms with Gasteiger partial charge >= 0.3 is 59.1 Å². The van der Waals surface area contributed by atoms with Crippen molar-refractivity contribution in [1.29, 1.82) is 0 Å². The standard InChI is InChI=1S/C6H10O4.2Na/c1-2-3-4(5(7)8)6(9)10;;/h4H,2-3H2,1H3,(H,7,8)(H,9,10);;/q;2*+1/p-2. The van der Waals surface area contributed by atoms with Crippen LogP contribution in [0, 0.1) is 5.92 Å². The summed E-state index contributed by atoms with van der Waals surface area (Å²) in [5.74, 6) is -4.59. The number of carboxylic acids is 2. The van der Waals surface area contributed by atoms with Gasteiger partial charge in [-0.15, -0.1) is 0 Å². The van der Waals surface area contributed by atoms with Crippen LogP contribution in [0.2, 0.25) is 0 Å². The summed E-state index contributed by atoms with van der Waals surface area (Å²) in [6.07, 6.45) is 0.567. The van der Waals surface area contributed by atoms with Gasteiger partial charge < -0.3 is 19.8 Å². The fourth-order valence-corrected chi connectivity index (χ4v) is 0.621. The molecule has 0 saturated carbocycles. The van der Waals surface area contributed by atoms with Crippen molar-refractivity contribution >= 4 is 11.9 Å². The molecule has 0 aliphatic rings. The molecule has 0 amide bonds. The fourth-order valence-electron chi connectivity index (χ4n) is 0.621. The molecule has 12 heavy (non-hydrogen) atoms. The van der Waals surface area contributed by atoms with Crippen LogP contribution in [0.4, 0.5) is 0 Å². The van der Waals surface area contributed by atoms with Crippen molar-refractivity contribution in [3.63, 3.8) is 0 Å². The molecule has 0 aromatic carbocycles. The Labute approximate surface area is 115 Å². The van der Waals surface area contributed by atoms with Crippen LogP contribution < -0.4 is 69.3 Å². The van der Waals surface area contributed by atoms with Gasteiger partial charge in [0.05, 0.1) is 11.9 Å². The van der Waals surface area contributed by atoms with Crippen molar-refractivity contribution < 1.29 is 78.9 Å². The summed E-state index contributed by atoms with van der Waals surface area (Å²) in [4.78, 5) is 20.0. The first-order chi connectivity index (χ1) is 4.59. The van der Waals surface area contributed by atoms with Gasteiger partial charge in [-0.1, -0.05) is 13.3 Å². The number of carbonyl (C=O) groups is 2. The molecular weight excluding hydrogens is 182 g/mol. The molecule has 0 spiro atoms. The monoisotopic (exact) mass is 190 g/mol. The predicted octanol–water partition coefficient (Wildman–Crippen LogP) is -8.09. The fraction of sp³-hybridized carbons (Fsp3) is 0.667. The van der Waals surface area contributed by atoms with Gasteiger partial charge in [-0.25, -0.2) is 0 Å². The van der Waals surface area contributed by atoms with Gasteiger partial charge in [-0.05, 0) is 6.42 Å². The Balaban J connectivity index is -0.000000405. The van der Waals surface area contributed by atoms with Crippen LogP contribution in [-0.4, -0.2) is 11.9 Å². The van der Waals surface area contributed by atoms with E-state index in [1.807, 2.05) is 0 Å². The zero-order chi connectivity index (χ0) is 8.15. The summed E-state index contributed by atoms with van der Waals surface area (Å²) in [6.45, 7) is 1.69. The maximum atomic E-state index is 10.00. The molecule has 0 fully saturated rings. The van der Waals surface area contributed by atoms with Crippen molar-refractivity contribution in [3.05, 3.63) is 0 Å². The molecule has 0 radical (unpaired) electrons. The molecule has 0 bridgehead atoms. The maximum absolute atomic E-state index is 10.00. The van der Waals surface area contributed by atoms with Crippen LogP contribution in [0.25, 0.3) is 0 Å². The average molecular weight is 190 g/mol. The Bertz CT molecular complexity index is 134. The van der Waals surface area contributed by atoms with Crippen molar-refractivity contribution in [2.24, 2.45) is 5.92 Å². The molecule has 0 aliphatic heterocycles. The van der Waals surface area contributed by atoms with Crippen molar-refractivity contribution in [2.45, 2.75) is 19.8 Å². The van der Waals surface area contributed by atoms with E-state index in [1.54, 1.807) is 6.92 Å². The van der Waals surface area contributed by atoms with Crippen molar-refractivity contribution in [3.8, 4) is 0 Å². The van der Waals surface area contributed by atoms with E-state index in [2.05, 4.69) is 0 Å². The molecular formula is C6H8Na2O4. The first-order valence-electron chi connectivity index (χ1n) is 3.01. The van der Waals surface area contributed by atoms with E-state index in [-0.39, 0.29) is 65.5 Å². The second kappa shape index (κ2) is 10.0. The third kappa shape index (κ3) is 7.58. The van der Waals surface area contributed by atoms with Gasteiger partial charge in [-0.2, -0.15) is 0 Å². The number of hydrogen-bond acceptors (Lipinski definition) is 4. The van der Waals surface area contributed by atoms with Gasteiger partial charge in [0.15, 0.2) is 0 Å². The molecule has 6 heteroatoms. The number of rotatable bonds is 4. The van der Waals surface area contributed by atoms with E-state index in [9.17, 15) is 19.8 Å². The summed E-state index contributed by atoms with van der Waals surface area (Å²) in [6, 6.07) is 0. The van der Waals surface area contributed by atoms with Crippen LogP contribution in [-0.2, 0) is 9.59 Å². The molecule has 0 unspecified atom stereocenters. The third-order valence-electron chi connectivity index (χ3n) is 1.15. The molecule has 0 saturated heterocycles. The summed E-state index contributed by atoms with van der Waals surface area (Å²) >= 11 is 0. The topological polar surface area (TPSA) is 80.3 Å². The van der Waals surface area contributed by atoms with Crippen LogP contribution >= 0.6 is 0 Å². The molecule has 0 heterocycles. The SMILES string of the molecule is CCCC(C(=O)[O-])C(=O)[O-].[Na+].[Na+]. The number of hydrogen-bond donors (Lipinski definition) is 0. The zero-order valence-electron chi connectivity index (χ0n) is 7.62. The van der Waals surface area contributed by atoms with E-state index in [1.165, 1.54) is 0 Å². The van der Waals surface area contributed by atoms with Gasteiger partial charge in [-0.3, -0.25) is 0 Å². The zero-order valence-corrected chi connectivity index (χ0v) is 11.6. The van der Waals surface area contributed by atoms with Gasteiger partial charge in [0.1, 0.15) is 0 Å². The molecule has 4 nitrogen and oxygen atoms in total. The van der Waals surface area contributed by atoms with Crippen molar-refractivity contribution in [2.75, 3.05) is 0 Å². The van der Waals surface area contributed by atoms with Crippen LogP contribution in [0.3, 0.4) is 0 Å². The Hall–Kier alpha value is 0.940. The Morgan fingerprint density at radius 1 is 1.17 bits per heavy atom. The predicted molar refractivity (Wildman–Crippen MR) is 28.4 cm³/mol. The second-order valence-electron chi connectivity index (χ2n) is 1.98. The van der Waals surface area contributed by atoms with E-state index in [0.717, 1.165) is 0 Å². The van der Waals surface area contributed by atoms with Crippen molar-refractivity contribution in [1.82, 2.24) is 0 Å². The van der Waals surface area contributed by atoms with Crippen LogP contribution in [0.5, 0.6) is 0 Å². The number of carboxylic acid groups (broad SMARTS) is 2. The largest absolute Gasteiger partial charge is 1.00 e. The first kappa shape index (κ1) is 18.7. The van der Waals surface area contributed by atoms with Gasteiger partial charge in [0.25, 0.3) is 0 Å². The first-order valence-corrected chi connectivity index (χ1v) is 3.01. The van der Waals surface area contributed by atoms with Crippen LogP contribution in [0.15, 0.2) is 0 Å². The Morgan fingerprint density at radius 2 is 1.50 bits per heavy atom. The average Bonchev–Trinajstić information content (AvgIpc) is 1.81. The second-order valence-corrected chi connectivity index (χ2v) is 1.98. The summed E-state index contributed by atoms with van der Waals surface area (Å²) in [5, 5.41) is 20.0. The van der Waals surface area contributed by atoms with Crippen LogP contribution in [0.1, 0.15) is 19.8 Å². The smallest absolute Gasteiger partial charge is 0.549 e. The van der Waals surface area contributed by atoms with E-state index in [0.29, 0.717) is 6.42 Å². The summed E-state index contributed by atoms with van der Waals surface area (Å²) in [7, 11) is 0. The molecule has 0 aromatic heterocycles.